The van der Waals surface area contributed by atoms with Crippen molar-refractivity contribution in [1.82, 2.24) is 20.3 Å². The van der Waals surface area contributed by atoms with Crippen LogP contribution in [0, 0.1) is 6.92 Å². The Bertz CT molecular complexity index is 679. The van der Waals surface area contributed by atoms with Crippen molar-refractivity contribution in [3.63, 3.8) is 0 Å². The third-order valence-corrected chi connectivity index (χ3v) is 4.96. The fourth-order valence-electron chi connectivity index (χ4n) is 3.51. The summed E-state index contributed by atoms with van der Waals surface area (Å²) >= 11 is 0. The number of piperazine rings is 1. The van der Waals surface area contributed by atoms with Gasteiger partial charge in [0.15, 0.2) is 5.96 Å². The molecule has 0 aliphatic carbocycles. The highest BCUT2D eigenvalue weighted by Crippen LogP contribution is 2.11. The smallest absolute Gasteiger partial charge is 0.306 e. The molecule has 1 aromatic rings. The Kier molecular flexibility index (Phi) is 12.4. The van der Waals surface area contributed by atoms with Crippen LogP contribution in [-0.2, 0) is 16.1 Å². The molecule has 0 aromatic carbocycles. The lowest BCUT2D eigenvalue weighted by Crippen LogP contribution is -2.52. The number of nitrogens with zero attached hydrogens (tertiary/aromatic N) is 4. The van der Waals surface area contributed by atoms with E-state index in [4.69, 9.17) is 9.26 Å². The largest absolute Gasteiger partial charge is 0.460 e. The maximum atomic E-state index is 11.7. The van der Waals surface area contributed by atoms with E-state index in [-0.39, 0.29) is 29.9 Å². The number of unbranched alkanes of at least 4 members (excludes halogenated alkanes) is 3. The van der Waals surface area contributed by atoms with Gasteiger partial charge in [0, 0.05) is 58.8 Å². The number of esters is 1. The molecule has 0 saturated carbocycles. The van der Waals surface area contributed by atoms with Crippen molar-refractivity contribution in [3.8, 4) is 0 Å². The fraction of sp³-hybridized carbons (Fsp3) is 0.773. The van der Waals surface area contributed by atoms with Crippen molar-refractivity contribution < 1.29 is 14.1 Å². The van der Waals surface area contributed by atoms with E-state index in [0.717, 1.165) is 82.4 Å². The van der Waals surface area contributed by atoms with Crippen LogP contribution in [0.2, 0.25) is 0 Å². The van der Waals surface area contributed by atoms with E-state index < -0.39 is 5.60 Å². The Balaban J connectivity index is 0.00000480. The number of nitrogens with one attached hydrogen (secondary N) is 1. The summed E-state index contributed by atoms with van der Waals surface area (Å²) in [6.07, 6.45) is 4.59. The summed E-state index contributed by atoms with van der Waals surface area (Å²) in [6, 6.07) is 2.00. The summed E-state index contributed by atoms with van der Waals surface area (Å²) in [7, 11) is 1.84. The van der Waals surface area contributed by atoms with E-state index in [1.807, 2.05) is 40.8 Å². The maximum absolute atomic E-state index is 11.7. The van der Waals surface area contributed by atoms with Crippen LogP contribution >= 0.6 is 24.0 Å². The number of carbonyl (C=O) groups is 1. The Labute approximate surface area is 204 Å². The van der Waals surface area contributed by atoms with Crippen LogP contribution < -0.4 is 5.32 Å². The minimum absolute atomic E-state index is 0. The summed E-state index contributed by atoms with van der Waals surface area (Å²) in [4.78, 5) is 20.9. The number of ether oxygens (including phenoxy) is 1. The number of rotatable bonds is 9. The van der Waals surface area contributed by atoms with Gasteiger partial charge in [-0.25, -0.2) is 0 Å². The Hall–Kier alpha value is -1.36. The van der Waals surface area contributed by atoms with Gasteiger partial charge in [-0.2, -0.15) is 0 Å². The Morgan fingerprint density at radius 1 is 1.19 bits per heavy atom. The number of hydrogen-bond donors (Lipinski definition) is 1. The molecular formula is C22H40IN5O3. The van der Waals surface area contributed by atoms with Crippen LogP contribution in [0.25, 0.3) is 0 Å². The topological polar surface area (TPSA) is 83.2 Å². The van der Waals surface area contributed by atoms with Gasteiger partial charge in [-0.05, 0) is 40.5 Å². The first-order valence-electron chi connectivity index (χ1n) is 11.1. The molecule has 2 rings (SSSR count). The fourth-order valence-corrected chi connectivity index (χ4v) is 3.51. The molecule has 0 radical (unpaired) electrons. The van der Waals surface area contributed by atoms with Crippen LogP contribution in [0.15, 0.2) is 15.6 Å². The quantitative estimate of drug-likeness (QED) is 0.166. The monoisotopic (exact) mass is 549 g/mol. The average Bonchev–Trinajstić information content (AvgIpc) is 3.08. The number of guanidine groups is 1. The summed E-state index contributed by atoms with van der Waals surface area (Å²) in [6.45, 7) is 13.2. The molecule has 1 saturated heterocycles. The van der Waals surface area contributed by atoms with Gasteiger partial charge >= 0.3 is 5.97 Å². The molecule has 0 amide bonds. The SMILES string of the molecule is CN=C(NCCCCCCC(=O)OC(C)(C)C)N1CCN(Cc2cc(C)on2)CC1.I. The van der Waals surface area contributed by atoms with Gasteiger partial charge in [0.25, 0.3) is 0 Å². The molecule has 1 fully saturated rings. The van der Waals surface area contributed by atoms with Crippen molar-refractivity contribution in [1.29, 1.82) is 0 Å². The summed E-state index contributed by atoms with van der Waals surface area (Å²) < 4.78 is 10.5. The number of aryl methyl sites for hydroxylation is 1. The van der Waals surface area contributed by atoms with Crippen LogP contribution in [0.1, 0.15) is 64.3 Å². The molecule has 0 spiro atoms. The van der Waals surface area contributed by atoms with Gasteiger partial charge in [0.2, 0.25) is 0 Å². The van der Waals surface area contributed by atoms with Gasteiger partial charge < -0.3 is 19.5 Å². The number of hydrogen-bond acceptors (Lipinski definition) is 6. The third-order valence-electron chi connectivity index (χ3n) is 4.96. The summed E-state index contributed by atoms with van der Waals surface area (Å²) in [5.74, 6) is 1.73. The van der Waals surface area contributed by atoms with Crippen LogP contribution in [0.5, 0.6) is 0 Å². The second-order valence-electron chi connectivity index (χ2n) is 8.92. The number of halogens is 1. The normalized spacial score (nSPS) is 15.5. The van der Waals surface area contributed by atoms with Crippen molar-refractivity contribution >= 4 is 35.9 Å². The first-order valence-corrected chi connectivity index (χ1v) is 11.1. The number of aliphatic imine (C=N–C) groups is 1. The third kappa shape index (κ3) is 11.2. The zero-order chi connectivity index (χ0) is 22.0. The average molecular weight is 549 g/mol. The van der Waals surface area contributed by atoms with Gasteiger partial charge in [0.1, 0.15) is 11.4 Å². The van der Waals surface area contributed by atoms with E-state index in [9.17, 15) is 4.79 Å². The predicted molar refractivity (Wildman–Crippen MR) is 134 cm³/mol. The van der Waals surface area contributed by atoms with Crippen molar-refractivity contribution in [2.75, 3.05) is 39.8 Å². The summed E-state index contributed by atoms with van der Waals surface area (Å²) in [5.41, 5.74) is 0.604. The molecule has 0 atom stereocenters. The first-order chi connectivity index (χ1) is 14.3. The Morgan fingerprint density at radius 2 is 1.87 bits per heavy atom. The van der Waals surface area contributed by atoms with Gasteiger partial charge in [-0.1, -0.05) is 18.0 Å². The van der Waals surface area contributed by atoms with Crippen LogP contribution in [0.3, 0.4) is 0 Å². The first kappa shape index (κ1) is 27.7. The molecule has 8 nitrogen and oxygen atoms in total. The zero-order valence-electron chi connectivity index (χ0n) is 19.8. The standard InChI is InChI=1S/C22H39N5O3.HI/c1-18-16-19(25-30-18)17-26-12-14-27(15-13-26)21(23-5)24-11-9-7-6-8-10-20(28)29-22(2,3)4;/h16H,6-15,17H2,1-5H3,(H,23,24);1H. The minimum atomic E-state index is -0.391. The highest BCUT2D eigenvalue weighted by Gasteiger charge is 2.20. The molecular weight excluding hydrogens is 509 g/mol. The molecule has 1 aromatic heterocycles. The summed E-state index contributed by atoms with van der Waals surface area (Å²) in [5, 5.41) is 7.56. The van der Waals surface area contributed by atoms with E-state index in [1.165, 1.54) is 0 Å². The van der Waals surface area contributed by atoms with Gasteiger partial charge in [0.05, 0.1) is 5.69 Å². The van der Waals surface area contributed by atoms with E-state index in [1.54, 1.807) is 0 Å². The molecule has 31 heavy (non-hydrogen) atoms. The van der Waals surface area contributed by atoms with Crippen molar-refractivity contribution in [3.05, 3.63) is 17.5 Å². The van der Waals surface area contributed by atoms with Crippen LogP contribution in [-0.4, -0.2) is 72.3 Å². The van der Waals surface area contributed by atoms with E-state index >= 15 is 0 Å². The molecule has 1 N–H and O–H groups in total. The molecule has 0 bridgehead atoms. The lowest BCUT2D eigenvalue weighted by molar-refractivity contribution is -0.154. The van der Waals surface area contributed by atoms with Crippen molar-refractivity contribution in [2.45, 2.75) is 71.9 Å². The van der Waals surface area contributed by atoms with E-state index in [2.05, 4.69) is 25.3 Å². The number of carbonyl (C=O) groups excluding carboxylic acids is 1. The zero-order valence-corrected chi connectivity index (χ0v) is 22.1. The maximum Gasteiger partial charge on any atom is 0.306 e. The highest BCUT2D eigenvalue weighted by molar-refractivity contribution is 14.0. The number of aromatic nitrogens is 1. The highest BCUT2D eigenvalue weighted by atomic mass is 127. The molecule has 9 heteroatoms. The molecule has 0 unspecified atom stereocenters. The molecule has 2 heterocycles. The second-order valence-corrected chi connectivity index (χ2v) is 8.92. The lowest BCUT2D eigenvalue weighted by Gasteiger charge is -2.36. The van der Waals surface area contributed by atoms with E-state index in [0.29, 0.717) is 6.42 Å². The molecule has 178 valence electrons. The van der Waals surface area contributed by atoms with Crippen molar-refractivity contribution in [2.24, 2.45) is 4.99 Å². The molecule has 1 aliphatic heterocycles. The Morgan fingerprint density at radius 3 is 2.45 bits per heavy atom. The van der Waals surface area contributed by atoms with Gasteiger partial charge in [-0.15, -0.1) is 24.0 Å². The van der Waals surface area contributed by atoms with Gasteiger partial charge in [-0.3, -0.25) is 14.7 Å². The molecule has 1 aliphatic rings. The minimum Gasteiger partial charge on any atom is -0.460 e. The second kappa shape index (κ2) is 13.9. The lowest BCUT2D eigenvalue weighted by atomic mass is 10.1. The predicted octanol–water partition coefficient (Wildman–Crippen LogP) is 3.59. The van der Waals surface area contributed by atoms with Crippen LogP contribution in [0.4, 0.5) is 0 Å².